The Morgan fingerprint density at radius 1 is 1.53 bits per heavy atom. The van der Waals surface area contributed by atoms with Crippen LogP contribution in [0.4, 0.5) is 0 Å². The standard InChI is InChI=1S/C6H13NO6S.Na/c8-2-3-1-4(9)5(6(10)13-3)7-14(11)12;/h3-10H,1-2H2,(H,11,12);/q;+1/p-1/t3?,4-,5?,6?;/m0./s1. The van der Waals surface area contributed by atoms with Gasteiger partial charge in [0.05, 0.1) is 24.9 Å². The van der Waals surface area contributed by atoms with Crippen molar-refractivity contribution in [2.75, 3.05) is 6.61 Å². The summed E-state index contributed by atoms with van der Waals surface area (Å²) < 4.78 is 27.3. The molecule has 7 nitrogen and oxygen atoms in total. The predicted octanol–water partition coefficient (Wildman–Crippen LogP) is -5.80. The summed E-state index contributed by atoms with van der Waals surface area (Å²) in [7, 11) is 0. The molecule has 0 aromatic rings. The number of aliphatic hydroxyl groups excluding tert-OH is 3. The third kappa shape index (κ3) is 4.73. The third-order valence-electron chi connectivity index (χ3n) is 1.99. The Morgan fingerprint density at radius 2 is 2.13 bits per heavy atom. The van der Waals surface area contributed by atoms with E-state index in [1.165, 1.54) is 0 Å². The molecule has 15 heavy (non-hydrogen) atoms. The van der Waals surface area contributed by atoms with Gasteiger partial charge in [0.15, 0.2) is 6.29 Å². The molecule has 0 aliphatic carbocycles. The molecule has 0 spiro atoms. The molecule has 0 radical (unpaired) electrons. The van der Waals surface area contributed by atoms with E-state index in [1.54, 1.807) is 0 Å². The number of rotatable bonds is 3. The SMILES string of the molecule is O=S([O-])NC1C(O)OC(CO)C[C@@H]1O.[Na+]. The molecule has 9 heteroatoms. The smallest absolute Gasteiger partial charge is 0.760 e. The molecule has 1 heterocycles. The number of aliphatic hydroxyl groups is 3. The van der Waals surface area contributed by atoms with E-state index in [-0.39, 0.29) is 42.6 Å². The van der Waals surface area contributed by atoms with E-state index in [1.807, 2.05) is 4.72 Å². The summed E-state index contributed by atoms with van der Waals surface area (Å²) in [6.45, 7) is -0.332. The monoisotopic (exact) mass is 249 g/mol. The van der Waals surface area contributed by atoms with Crippen LogP contribution in [0.5, 0.6) is 0 Å². The van der Waals surface area contributed by atoms with Gasteiger partial charge in [-0.05, 0) is 0 Å². The fourth-order valence-corrected chi connectivity index (χ4v) is 1.80. The van der Waals surface area contributed by atoms with Gasteiger partial charge < -0.3 is 24.6 Å². The molecule has 0 aromatic carbocycles. The molecule has 0 bridgehead atoms. The van der Waals surface area contributed by atoms with E-state index in [0.29, 0.717) is 0 Å². The van der Waals surface area contributed by atoms with E-state index < -0.39 is 35.8 Å². The van der Waals surface area contributed by atoms with Crippen LogP contribution in [0.3, 0.4) is 0 Å². The maximum atomic E-state index is 10.3. The van der Waals surface area contributed by atoms with Gasteiger partial charge in [-0.3, -0.25) is 4.21 Å². The van der Waals surface area contributed by atoms with Crippen molar-refractivity contribution in [2.24, 2.45) is 0 Å². The molecular formula is C6H12NNaO6S. The van der Waals surface area contributed by atoms with Gasteiger partial charge in [-0.1, -0.05) is 0 Å². The van der Waals surface area contributed by atoms with E-state index in [9.17, 15) is 19.0 Å². The van der Waals surface area contributed by atoms with Crippen LogP contribution >= 0.6 is 0 Å². The summed E-state index contributed by atoms with van der Waals surface area (Å²) in [5.41, 5.74) is 0. The normalized spacial score (nSPS) is 38.1. The quantitative estimate of drug-likeness (QED) is 0.292. The van der Waals surface area contributed by atoms with Crippen LogP contribution in [-0.2, 0) is 16.0 Å². The second-order valence-electron chi connectivity index (χ2n) is 3.01. The molecule has 1 aliphatic rings. The number of nitrogens with one attached hydrogen (secondary N) is 1. The van der Waals surface area contributed by atoms with Crippen molar-refractivity contribution in [2.45, 2.75) is 31.0 Å². The maximum absolute atomic E-state index is 10.3. The van der Waals surface area contributed by atoms with E-state index in [4.69, 9.17) is 9.84 Å². The summed E-state index contributed by atoms with van der Waals surface area (Å²) in [6.07, 6.45) is -3.12. The van der Waals surface area contributed by atoms with Crippen LogP contribution in [0.1, 0.15) is 6.42 Å². The van der Waals surface area contributed by atoms with Crippen LogP contribution in [-0.4, -0.2) is 55.2 Å². The summed E-state index contributed by atoms with van der Waals surface area (Å²) in [6, 6.07) is -1.09. The van der Waals surface area contributed by atoms with E-state index in [2.05, 4.69) is 0 Å². The van der Waals surface area contributed by atoms with Crippen molar-refractivity contribution in [3.8, 4) is 0 Å². The first-order valence-electron chi connectivity index (χ1n) is 4.02. The van der Waals surface area contributed by atoms with Gasteiger partial charge in [0.1, 0.15) is 0 Å². The van der Waals surface area contributed by atoms with Crippen LogP contribution < -0.4 is 34.3 Å². The summed E-state index contributed by atoms with van der Waals surface area (Å²) >= 11 is -2.58. The molecule has 1 saturated heterocycles. The third-order valence-corrected chi connectivity index (χ3v) is 2.46. The zero-order valence-corrected chi connectivity index (χ0v) is 11.0. The van der Waals surface area contributed by atoms with Gasteiger partial charge in [-0.2, -0.15) is 0 Å². The Hall–Kier alpha value is 0.910. The Bertz CT molecular complexity index is 208. The molecule has 4 unspecified atom stereocenters. The minimum Gasteiger partial charge on any atom is -0.760 e. The Morgan fingerprint density at radius 3 is 2.53 bits per heavy atom. The number of ether oxygens (including phenoxy) is 1. The summed E-state index contributed by atoms with van der Waals surface area (Å²) in [4.78, 5) is 0. The molecule has 0 amide bonds. The van der Waals surface area contributed by atoms with E-state index in [0.717, 1.165) is 0 Å². The second kappa shape index (κ2) is 7.28. The van der Waals surface area contributed by atoms with Crippen molar-refractivity contribution >= 4 is 11.3 Å². The topological polar surface area (TPSA) is 122 Å². The van der Waals surface area contributed by atoms with Gasteiger partial charge in [-0.25, -0.2) is 4.72 Å². The van der Waals surface area contributed by atoms with Crippen LogP contribution in [0.25, 0.3) is 0 Å². The Kier molecular flexibility index (Phi) is 7.72. The largest absolute Gasteiger partial charge is 1.00 e. The first kappa shape index (κ1) is 15.9. The molecule has 84 valence electrons. The predicted molar refractivity (Wildman–Crippen MR) is 44.4 cm³/mol. The van der Waals surface area contributed by atoms with Crippen LogP contribution in [0.2, 0.25) is 0 Å². The first-order valence-corrected chi connectivity index (χ1v) is 5.10. The van der Waals surface area contributed by atoms with Gasteiger partial charge >= 0.3 is 29.6 Å². The fraction of sp³-hybridized carbons (Fsp3) is 1.00. The van der Waals surface area contributed by atoms with Gasteiger partial charge in [0.25, 0.3) is 0 Å². The summed E-state index contributed by atoms with van der Waals surface area (Å²) in [5, 5.41) is 27.4. The van der Waals surface area contributed by atoms with Gasteiger partial charge in [0.2, 0.25) is 0 Å². The summed E-state index contributed by atoms with van der Waals surface area (Å²) in [5.74, 6) is 0. The molecule has 1 rings (SSSR count). The van der Waals surface area contributed by atoms with Crippen LogP contribution in [0.15, 0.2) is 0 Å². The maximum Gasteiger partial charge on any atom is 1.00 e. The molecule has 4 N–H and O–H groups in total. The molecule has 1 fully saturated rings. The van der Waals surface area contributed by atoms with Crippen LogP contribution in [0, 0.1) is 0 Å². The molecular weight excluding hydrogens is 237 g/mol. The van der Waals surface area contributed by atoms with Crippen molar-refractivity contribution in [1.29, 1.82) is 0 Å². The van der Waals surface area contributed by atoms with Crippen molar-refractivity contribution in [3.05, 3.63) is 0 Å². The first-order chi connectivity index (χ1) is 6.54. The molecule has 0 aromatic heterocycles. The zero-order valence-electron chi connectivity index (χ0n) is 8.20. The average Bonchev–Trinajstić information content (AvgIpc) is 2.10. The van der Waals surface area contributed by atoms with Crippen molar-refractivity contribution < 1.29 is 58.4 Å². The Balaban J connectivity index is 0.00000196. The zero-order chi connectivity index (χ0) is 10.7. The molecule has 5 atom stereocenters. The fourth-order valence-electron chi connectivity index (χ4n) is 1.31. The van der Waals surface area contributed by atoms with Gasteiger partial charge in [-0.15, -0.1) is 0 Å². The molecule has 0 saturated carbocycles. The van der Waals surface area contributed by atoms with Crippen molar-refractivity contribution in [3.63, 3.8) is 0 Å². The number of hydrogen-bond donors (Lipinski definition) is 4. The second-order valence-corrected chi connectivity index (χ2v) is 3.72. The van der Waals surface area contributed by atoms with Gasteiger partial charge in [0, 0.05) is 17.7 Å². The average molecular weight is 249 g/mol. The Labute approximate surface area is 112 Å². The minimum absolute atomic E-state index is 0. The number of hydrogen-bond acceptors (Lipinski definition) is 6. The van der Waals surface area contributed by atoms with E-state index >= 15 is 0 Å². The molecule has 1 aliphatic heterocycles. The minimum atomic E-state index is -2.58. The van der Waals surface area contributed by atoms with Crippen molar-refractivity contribution in [1.82, 2.24) is 4.72 Å².